The summed E-state index contributed by atoms with van der Waals surface area (Å²) < 4.78 is 21.5. The summed E-state index contributed by atoms with van der Waals surface area (Å²) in [6, 6.07) is 14.4. The van der Waals surface area contributed by atoms with Crippen molar-refractivity contribution in [1.29, 1.82) is 5.26 Å². The second-order valence-electron chi connectivity index (χ2n) is 12.6. The maximum absolute atomic E-state index is 9.68. The van der Waals surface area contributed by atoms with Gasteiger partial charge in [-0.1, -0.05) is 12.1 Å². The lowest BCUT2D eigenvalue weighted by Gasteiger charge is -2.38. The van der Waals surface area contributed by atoms with Gasteiger partial charge in [-0.05, 0) is 72.9 Å². The molecule has 2 fully saturated rings. The maximum Gasteiger partial charge on any atom is 0.256 e. The molecule has 1 N–H and O–H groups in total. The van der Waals surface area contributed by atoms with E-state index in [9.17, 15) is 5.26 Å². The third kappa shape index (κ3) is 8.21. The fraction of sp³-hybridized carbons (Fsp3) is 0.429. The fourth-order valence-corrected chi connectivity index (χ4v) is 6.52. The van der Waals surface area contributed by atoms with Crippen molar-refractivity contribution in [3.63, 3.8) is 0 Å². The molecule has 1 saturated heterocycles. The quantitative estimate of drug-likeness (QED) is 0.188. The van der Waals surface area contributed by atoms with Gasteiger partial charge < -0.3 is 19.5 Å². The van der Waals surface area contributed by atoms with Gasteiger partial charge in [-0.3, -0.25) is 14.6 Å². The zero-order valence-electron chi connectivity index (χ0n) is 28.0. The molecular weight excluding hydrogens is 636 g/mol. The van der Waals surface area contributed by atoms with Crippen molar-refractivity contribution in [3.8, 4) is 28.8 Å². The minimum Gasteiger partial charge on any atom is -0.487 e. The summed E-state index contributed by atoms with van der Waals surface area (Å²) in [5, 5.41) is 29.1. The van der Waals surface area contributed by atoms with Crippen LogP contribution in [0.3, 0.4) is 0 Å². The minimum atomic E-state index is -0.273. The fourth-order valence-electron chi connectivity index (χ4n) is 6.52. The van der Waals surface area contributed by atoms with Gasteiger partial charge in [0.15, 0.2) is 0 Å². The molecule has 5 heterocycles. The molecule has 0 bridgehead atoms. The molecule has 50 heavy (non-hydrogen) atoms. The van der Waals surface area contributed by atoms with E-state index >= 15 is 0 Å². The number of nitrogens with one attached hydrogen (secondary N) is 1. The Balaban J connectivity index is 1.04. The van der Waals surface area contributed by atoms with Gasteiger partial charge in [0.05, 0.1) is 44.2 Å². The Labute approximate surface area is 290 Å². The summed E-state index contributed by atoms with van der Waals surface area (Å²) in [6.45, 7) is 6.44. The first-order valence-corrected chi connectivity index (χ1v) is 17.1. The number of hydrogen-bond acceptors (Lipinski definition) is 13. The Morgan fingerprint density at radius 2 is 1.84 bits per heavy atom. The third-order valence-electron chi connectivity index (χ3n) is 9.12. The smallest absolute Gasteiger partial charge is 0.256 e. The van der Waals surface area contributed by atoms with Crippen LogP contribution >= 0.6 is 0 Å². The summed E-state index contributed by atoms with van der Waals surface area (Å²) in [5.41, 5.74) is 3.69. The van der Waals surface area contributed by atoms with Gasteiger partial charge in [-0.25, -0.2) is 14.6 Å². The molecule has 15 nitrogen and oxygen atoms in total. The lowest BCUT2D eigenvalue weighted by molar-refractivity contribution is 0.00503. The van der Waals surface area contributed by atoms with Crippen LogP contribution in [0.2, 0.25) is 0 Å². The maximum atomic E-state index is 9.68. The SMILES string of the molecule is C[C@@H](Cn1cnnn1)Oc1cc(-c2cnc(Nc3cn([C@H]4CC[C@H](N5CCOCC5)CC4)nc3OCCc3ccccn3)nc2)ccc1C#N. The van der Waals surface area contributed by atoms with E-state index in [1.807, 2.05) is 48.1 Å². The molecule has 1 atom stereocenters. The molecule has 4 aromatic heterocycles. The summed E-state index contributed by atoms with van der Waals surface area (Å²) in [7, 11) is 0. The van der Waals surface area contributed by atoms with Gasteiger partial charge in [0.25, 0.3) is 5.88 Å². The molecular formula is C35H40N12O3. The molecule has 0 unspecified atom stereocenters. The molecule has 1 aliphatic carbocycles. The molecule has 0 amide bonds. The zero-order chi connectivity index (χ0) is 34.1. The second-order valence-corrected chi connectivity index (χ2v) is 12.6. The number of nitrogens with zero attached hydrogens (tertiary/aromatic N) is 11. The second kappa shape index (κ2) is 15.8. The van der Waals surface area contributed by atoms with E-state index in [1.54, 1.807) is 29.3 Å². The van der Waals surface area contributed by atoms with E-state index in [0.717, 1.165) is 68.8 Å². The first-order chi connectivity index (χ1) is 24.6. The van der Waals surface area contributed by atoms with Crippen molar-refractivity contribution < 1.29 is 14.2 Å². The topological polar surface area (TPSA) is 167 Å². The van der Waals surface area contributed by atoms with Crippen molar-refractivity contribution in [1.82, 2.24) is 49.8 Å². The average Bonchev–Trinajstić information content (AvgIpc) is 3.83. The highest BCUT2D eigenvalue weighted by Gasteiger charge is 2.29. The Morgan fingerprint density at radius 3 is 2.58 bits per heavy atom. The number of benzene rings is 1. The van der Waals surface area contributed by atoms with E-state index in [0.29, 0.717) is 54.4 Å². The number of morpholine rings is 1. The highest BCUT2D eigenvalue weighted by Crippen LogP contribution is 2.35. The largest absolute Gasteiger partial charge is 0.487 e. The number of tetrazole rings is 1. The van der Waals surface area contributed by atoms with Crippen LogP contribution in [0, 0.1) is 11.3 Å². The summed E-state index contributed by atoms with van der Waals surface area (Å²) in [6.07, 6.45) is 13.6. The van der Waals surface area contributed by atoms with Crippen molar-refractivity contribution in [3.05, 3.63) is 78.8 Å². The van der Waals surface area contributed by atoms with E-state index in [-0.39, 0.29) is 12.1 Å². The van der Waals surface area contributed by atoms with Crippen molar-refractivity contribution >= 4 is 11.6 Å². The van der Waals surface area contributed by atoms with Crippen LogP contribution < -0.4 is 14.8 Å². The number of hydrogen-bond donors (Lipinski definition) is 1. The predicted octanol–water partition coefficient (Wildman–Crippen LogP) is 4.24. The van der Waals surface area contributed by atoms with Crippen LogP contribution in [0.4, 0.5) is 11.6 Å². The van der Waals surface area contributed by atoms with E-state index in [1.165, 1.54) is 6.33 Å². The van der Waals surface area contributed by atoms with E-state index in [4.69, 9.17) is 19.3 Å². The normalized spacial score (nSPS) is 18.6. The minimum absolute atomic E-state index is 0.273. The molecule has 15 heteroatoms. The third-order valence-corrected chi connectivity index (χ3v) is 9.12. The molecule has 7 rings (SSSR count). The predicted molar refractivity (Wildman–Crippen MR) is 183 cm³/mol. The monoisotopic (exact) mass is 676 g/mol. The van der Waals surface area contributed by atoms with Crippen LogP contribution in [0.5, 0.6) is 11.6 Å². The summed E-state index contributed by atoms with van der Waals surface area (Å²) in [4.78, 5) is 16.2. The Kier molecular flexibility index (Phi) is 10.5. The molecule has 1 aliphatic heterocycles. The van der Waals surface area contributed by atoms with Gasteiger partial charge in [0.1, 0.15) is 29.9 Å². The molecule has 1 saturated carbocycles. The molecule has 0 spiro atoms. The van der Waals surface area contributed by atoms with E-state index < -0.39 is 0 Å². The molecule has 0 radical (unpaired) electrons. The Morgan fingerprint density at radius 1 is 1.02 bits per heavy atom. The van der Waals surface area contributed by atoms with Gasteiger partial charge in [0, 0.05) is 55.4 Å². The van der Waals surface area contributed by atoms with Gasteiger partial charge in [-0.15, -0.1) is 10.2 Å². The zero-order valence-corrected chi connectivity index (χ0v) is 28.0. The first-order valence-electron chi connectivity index (χ1n) is 17.1. The van der Waals surface area contributed by atoms with Crippen LogP contribution in [0.25, 0.3) is 11.1 Å². The van der Waals surface area contributed by atoms with Gasteiger partial charge >= 0.3 is 0 Å². The lowest BCUT2D eigenvalue weighted by atomic mass is 9.90. The average molecular weight is 677 g/mol. The number of ether oxygens (including phenoxy) is 3. The first kappa shape index (κ1) is 33.1. The number of aromatic nitrogens is 9. The number of anilines is 2. The van der Waals surface area contributed by atoms with Crippen LogP contribution in [-0.2, 0) is 17.7 Å². The van der Waals surface area contributed by atoms with Gasteiger partial charge in [-0.2, -0.15) is 5.26 Å². The lowest BCUT2D eigenvalue weighted by Crippen LogP contribution is -2.45. The Hall–Kier alpha value is -5.46. The van der Waals surface area contributed by atoms with Crippen LogP contribution in [-0.4, -0.2) is 94.9 Å². The van der Waals surface area contributed by atoms with Gasteiger partial charge in [0.2, 0.25) is 5.95 Å². The Bertz CT molecular complexity index is 1850. The standard InChI is InChI=1S/C35H40N12O3/c1-25(22-46-24-40-43-44-46)50-33-18-26(5-6-27(33)19-36)28-20-38-35(39-21-28)41-32-23-47(42-34(32)49-15-11-29-4-2-3-12-37-29)31-9-7-30(8-10-31)45-13-16-48-17-14-45/h2-6,12,18,20-21,23-25,30-31H,7-11,13-17,22H2,1H3,(H,38,39,41)/t25-,30-,31-/m0/s1. The van der Waals surface area contributed by atoms with Crippen LogP contribution in [0.15, 0.2) is 67.5 Å². The molecule has 5 aromatic rings. The highest BCUT2D eigenvalue weighted by atomic mass is 16.5. The molecule has 258 valence electrons. The molecule has 2 aliphatic rings. The van der Waals surface area contributed by atoms with Crippen molar-refractivity contribution in [2.24, 2.45) is 0 Å². The number of pyridine rings is 1. The van der Waals surface area contributed by atoms with Crippen molar-refractivity contribution in [2.45, 2.75) is 63.8 Å². The van der Waals surface area contributed by atoms with Crippen LogP contribution in [0.1, 0.15) is 49.9 Å². The number of rotatable bonds is 13. The van der Waals surface area contributed by atoms with Crippen molar-refractivity contribution in [2.75, 3.05) is 38.2 Å². The molecule has 1 aromatic carbocycles. The number of nitriles is 1. The van der Waals surface area contributed by atoms with E-state index in [2.05, 4.69) is 46.8 Å². The summed E-state index contributed by atoms with van der Waals surface area (Å²) >= 11 is 0. The highest BCUT2D eigenvalue weighted by molar-refractivity contribution is 5.67. The summed E-state index contributed by atoms with van der Waals surface area (Å²) in [5.74, 6) is 1.39.